The van der Waals surface area contributed by atoms with Gasteiger partial charge >= 0.3 is 5.97 Å². The molecule has 1 aromatic heterocycles. The standard InChI is InChI=1S/C10H9NO2S/c1-6(10(12)13)9-7-4-2-3-5-8(7)11-14-9/h2-6H,1H3,(H,12,13). The number of aromatic nitrogens is 1. The van der Waals surface area contributed by atoms with Crippen LogP contribution in [0.15, 0.2) is 24.3 Å². The van der Waals surface area contributed by atoms with Crippen LogP contribution in [0.2, 0.25) is 0 Å². The maximum atomic E-state index is 10.8. The zero-order valence-corrected chi connectivity index (χ0v) is 8.41. The first-order chi connectivity index (χ1) is 6.70. The van der Waals surface area contributed by atoms with Gasteiger partial charge in [-0.3, -0.25) is 4.79 Å². The number of carbonyl (C=O) groups is 1. The number of aliphatic carboxylic acids is 1. The second-order valence-electron chi connectivity index (χ2n) is 3.12. The summed E-state index contributed by atoms with van der Waals surface area (Å²) in [6.07, 6.45) is 0. The van der Waals surface area contributed by atoms with E-state index in [0.717, 1.165) is 15.8 Å². The van der Waals surface area contributed by atoms with Crippen LogP contribution in [0.25, 0.3) is 10.9 Å². The van der Waals surface area contributed by atoms with Gasteiger partial charge in [0, 0.05) is 10.3 Å². The zero-order valence-electron chi connectivity index (χ0n) is 7.60. The Morgan fingerprint density at radius 2 is 2.21 bits per heavy atom. The van der Waals surface area contributed by atoms with E-state index in [-0.39, 0.29) is 0 Å². The predicted octanol–water partition coefficient (Wildman–Crippen LogP) is 2.48. The number of hydrogen-bond donors (Lipinski definition) is 1. The lowest BCUT2D eigenvalue weighted by Crippen LogP contribution is -2.05. The summed E-state index contributed by atoms with van der Waals surface area (Å²) in [7, 11) is 0. The van der Waals surface area contributed by atoms with Gasteiger partial charge in [-0.1, -0.05) is 18.2 Å². The maximum absolute atomic E-state index is 10.8. The van der Waals surface area contributed by atoms with Crippen molar-refractivity contribution in [3.05, 3.63) is 29.1 Å². The van der Waals surface area contributed by atoms with Gasteiger partial charge in [0.1, 0.15) is 0 Å². The first kappa shape index (κ1) is 9.15. The van der Waals surface area contributed by atoms with Crippen molar-refractivity contribution >= 4 is 28.4 Å². The second-order valence-corrected chi connectivity index (χ2v) is 3.93. The van der Waals surface area contributed by atoms with Gasteiger partial charge in [-0.25, -0.2) is 0 Å². The van der Waals surface area contributed by atoms with Gasteiger partial charge < -0.3 is 5.11 Å². The van der Waals surface area contributed by atoms with Crippen LogP contribution in [0.4, 0.5) is 0 Å². The molecule has 1 N–H and O–H groups in total. The van der Waals surface area contributed by atoms with E-state index < -0.39 is 11.9 Å². The van der Waals surface area contributed by atoms with E-state index >= 15 is 0 Å². The predicted molar refractivity (Wildman–Crippen MR) is 55.7 cm³/mol. The van der Waals surface area contributed by atoms with Gasteiger partial charge in [-0.05, 0) is 24.5 Å². The molecular formula is C10H9NO2S. The van der Waals surface area contributed by atoms with Gasteiger partial charge in [0.2, 0.25) is 0 Å². The van der Waals surface area contributed by atoms with Crippen LogP contribution in [0.5, 0.6) is 0 Å². The summed E-state index contributed by atoms with van der Waals surface area (Å²) in [5.41, 5.74) is 0.876. The van der Waals surface area contributed by atoms with Gasteiger partial charge in [-0.2, -0.15) is 4.37 Å². The Labute approximate surface area is 85.2 Å². The van der Waals surface area contributed by atoms with Crippen LogP contribution in [0.1, 0.15) is 17.7 Å². The van der Waals surface area contributed by atoms with Gasteiger partial charge in [-0.15, -0.1) is 0 Å². The first-order valence-electron chi connectivity index (χ1n) is 4.27. The van der Waals surface area contributed by atoms with E-state index in [2.05, 4.69) is 4.37 Å². The number of benzene rings is 1. The van der Waals surface area contributed by atoms with E-state index in [1.807, 2.05) is 24.3 Å². The van der Waals surface area contributed by atoms with E-state index in [0.29, 0.717) is 0 Å². The summed E-state index contributed by atoms with van der Waals surface area (Å²) >= 11 is 1.27. The molecule has 0 spiro atoms. The molecule has 4 heteroatoms. The third-order valence-corrected chi connectivity index (χ3v) is 3.23. The molecule has 0 aliphatic heterocycles. The van der Waals surface area contributed by atoms with E-state index in [4.69, 9.17) is 5.11 Å². The van der Waals surface area contributed by atoms with Crippen LogP contribution in [0, 0.1) is 0 Å². The number of carboxylic acids is 1. The maximum Gasteiger partial charge on any atom is 0.311 e. The van der Waals surface area contributed by atoms with Gasteiger partial charge in [0.15, 0.2) is 0 Å². The van der Waals surface area contributed by atoms with Crippen molar-refractivity contribution in [2.75, 3.05) is 0 Å². The molecule has 1 atom stereocenters. The average Bonchev–Trinajstić information content (AvgIpc) is 2.60. The third kappa shape index (κ3) is 1.37. The highest BCUT2D eigenvalue weighted by atomic mass is 32.1. The Morgan fingerprint density at radius 1 is 1.50 bits per heavy atom. The van der Waals surface area contributed by atoms with Crippen LogP contribution < -0.4 is 0 Å². The number of hydrogen-bond acceptors (Lipinski definition) is 3. The summed E-state index contributed by atoms with van der Waals surface area (Å²) in [6, 6.07) is 7.60. The first-order valence-corrected chi connectivity index (χ1v) is 5.04. The monoisotopic (exact) mass is 207 g/mol. The summed E-state index contributed by atoms with van der Waals surface area (Å²) < 4.78 is 4.20. The number of fused-ring (bicyclic) bond motifs is 1. The summed E-state index contributed by atoms with van der Waals surface area (Å²) in [4.78, 5) is 11.6. The normalized spacial score (nSPS) is 12.9. The highest BCUT2D eigenvalue weighted by Crippen LogP contribution is 2.29. The fraction of sp³-hybridized carbons (Fsp3) is 0.200. The van der Waals surface area contributed by atoms with Crippen LogP contribution in [0.3, 0.4) is 0 Å². The Hall–Kier alpha value is -1.42. The van der Waals surface area contributed by atoms with Crippen molar-refractivity contribution < 1.29 is 9.90 Å². The molecule has 0 saturated heterocycles. The number of rotatable bonds is 2. The molecule has 2 rings (SSSR count). The second kappa shape index (κ2) is 3.38. The topological polar surface area (TPSA) is 50.2 Å². The SMILES string of the molecule is CC(C(=O)O)c1snc2ccccc12. The highest BCUT2D eigenvalue weighted by molar-refractivity contribution is 7.07. The van der Waals surface area contributed by atoms with Gasteiger partial charge in [0.25, 0.3) is 0 Å². The summed E-state index contributed by atoms with van der Waals surface area (Å²) in [5.74, 6) is -1.29. The highest BCUT2D eigenvalue weighted by Gasteiger charge is 2.18. The minimum Gasteiger partial charge on any atom is -0.481 e. The van der Waals surface area contributed by atoms with Crippen molar-refractivity contribution in [2.45, 2.75) is 12.8 Å². The molecule has 0 saturated carbocycles. The van der Waals surface area contributed by atoms with Gasteiger partial charge in [0.05, 0.1) is 11.4 Å². The smallest absolute Gasteiger partial charge is 0.311 e. The molecule has 0 radical (unpaired) electrons. The van der Waals surface area contributed by atoms with Crippen molar-refractivity contribution in [3.8, 4) is 0 Å². The lowest BCUT2D eigenvalue weighted by atomic mass is 10.1. The van der Waals surface area contributed by atoms with E-state index in [9.17, 15) is 4.79 Å². The largest absolute Gasteiger partial charge is 0.481 e. The number of nitrogens with zero attached hydrogens (tertiary/aromatic N) is 1. The Morgan fingerprint density at radius 3 is 2.93 bits per heavy atom. The van der Waals surface area contributed by atoms with Crippen molar-refractivity contribution in [1.29, 1.82) is 0 Å². The average molecular weight is 207 g/mol. The fourth-order valence-corrected chi connectivity index (χ4v) is 2.22. The van der Waals surface area contributed by atoms with E-state index in [1.165, 1.54) is 11.5 Å². The lowest BCUT2D eigenvalue weighted by Gasteiger charge is -2.01. The van der Waals surface area contributed by atoms with Crippen molar-refractivity contribution in [3.63, 3.8) is 0 Å². The molecule has 2 aromatic rings. The minimum absolute atomic E-state index is 0.479. The quantitative estimate of drug-likeness (QED) is 0.823. The molecule has 0 bridgehead atoms. The number of carboxylic acid groups (broad SMARTS) is 1. The minimum atomic E-state index is -0.806. The lowest BCUT2D eigenvalue weighted by molar-refractivity contribution is -0.138. The molecule has 0 fully saturated rings. The summed E-state index contributed by atoms with van der Waals surface area (Å²) in [5, 5.41) is 9.84. The Kier molecular flexibility index (Phi) is 2.21. The molecule has 3 nitrogen and oxygen atoms in total. The third-order valence-electron chi connectivity index (χ3n) is 2.18. The van der Waals surface area contributed by atoms with Crippen molar-refractivity contribution in [2.24, 2.45) is 0 Å². The summed E-state index contributed by atoms with van der Waals surface area (Å²) in [6.45, 7) is 1.68. The molecule has 72 valence electrons. The molecule has 1 aromatic carbocycles. The van der Waals surface area contributed by atoms with E-state index in [1.54, 1.807) is 6.92 Å². The van der Waals surface area contributed by atoms with Crippen LogP contribution in [-0.4, -0.2) is 15.4 Å². The molecule has 14 heavy (non-hydrogen) atoms. The Balaban J connectivity index is 2.58. The molecule has 1 unspecified atom stereocenters. The van der Waals surface area contributed by atoms with Crippen LogP contribution >= 0.6 is 11.5 Å². The molecule has 0 aliphatic carbocycles. The molecule has 0 amide bonds. The fourth-order valence-electron chi connectivity index (χ4n) is 1.33. The van der Waals surface area contributed by atoms with Crippen LogP contribution in [-0.2, 0) is 4.79 Å². The Bertz CT molecular complexity index is 478. The van der Waals surface area contributed by atoms with Crippen molar-refractivity contribution in [1.82, 2.24) is 4.37 Å². The zero-order chi connectivity index (χ0) is 10.1. The molecule has 1 heterocycles. The molecule has 0 aliphatic rings. The molecular weight excluding hydrogens is 198 g/mol.